The summed E-state index contributed by atoms with van der Waals surface area (Å²) in [5.41, 5.74) is 1.12. The maximum absolute atomic E-state index is 11.2. The predicted molar refractivity (Wildman–Crippen MR) is 67.8 cm³/mol. The Labute approximate surface area is 104 Å². The van der Waals surface area contributed by atoms with E-state index in [1.165, 1.54) is 14.0 Å². The van der Waals surface area contributed by atoms with Crippen LogP contribution in [0.5, 0.6) is 0 Å². The van der Waals surface area contributed by atoms with Crippen LogP contribution < -0.4 is 10.6 Å². The second-order valence-corrected chi connectivity index (χ2v) is 3.61. The first-order valence-electron chi connectivity index (χ1n) is 4.80. The number of carbonyl (C=O) groups is 2. The van der Waals surface area contributed by atoms with Crippen molar-refractivity contribution < 1.29 is 14.3 Å². The molecule has 5 nitrogen and oxygen atoms in total. The summed E-state index contributed by atoms with van der Waals surface area (Å²) in [4.78, 5) is 21.9. The Hall–Kier alpha value is -1.95. The zero-order valence-electron chi connectivity index (χ0n) is 9.44. The highest BCUT2D eigenvalue weighted by molar-refractivity contribution is 7.80. The van der Waals surface area contributed by atoms with Gasteiger partial charge in [-0.3, -0.25) is 4.79 Å². The minimum atomic E-state index is -0.402. The van der Waals surface area contributed by atoms with E-state index in [0.717, 1.165) is 0 Å². The predicted octanol–water partition coefficient (Wildman–Crippen LogP) is 1.31. The van der Waals surface area contributed by atoms with Crippen LogP contribution in [0.3, 0.4) is 0 Å². The smallest absolute Gasteiger partial charge is 0.337 e. The van der Waals surface area contributed by atoms with E-state index in [1.807, 2.05) is 0 Å². The van der Waals surface area contributed by atoms with Crippen molar-refractivity contribution in [2.45, 2.75) is 6.92 Å². The van der Waals surface area contributed by atoms with Crippen LogP contribution in [-0.2, 0) is 9.53 Å². The monoisotopic (exact) mass is 252 g/mol. The molecule has 1 aromatic rings. The number of ether oxygens (including phenoxy) is 1. The van der Waals surface area contributed by atoms with Gasteiger partial charge in [0.1, 0.15) is 0 Å². The molecule has 6 heteroatoms. The van der Waals surface area contributed by atoms with Gasteiger partial charge in [0.2, 0.25) is 5.91 Å². The number of carbonyl (C=O) groups excluding carboxylic acids is 2. The minimum absolute atomic E-state index is 0.211. The van der Waals surface area contributed by atoms with Crippen molar-refractivity contribution in [2.24, 2.45) is 0 Å². The quantitative estimate of drug-likeness (QED) is 0.613. The summed E-state index contributed by atoms with van der Waals surface area (Å²) >= 11 is 4.88. The van der Waals surface area contributed by atoms with Crippen LogP contribution in [0.25, 0.3) is 0 Å². The van der Waals surface area contributed by atoms with Crippen molar-refractivity contribution in [2.75, 3.05) is 12.4 Å². The normalized spacial score (nSPS) is 9.29. The van der Waals surface area contributed by atoms with Gasteiger partial charge in [-0.1, -0.05) is 0 Å². The molecule has 1 aromatic carbocycles. The van der Waals surface area contributed by atoms with Crippen LogP contribution in [0.4, 0.5) is 5.69 Å². The van der Waals surface area contributed by atoms with Gasteiger partial charge in [0.25, 0.3) is 0 Å². The van der Waals surface area contributed by atoms with E-state index < -0.39 is 5.97 Å². The standard InChI is InChI=1S/C11H12N2O3S/c1-7(14)12-11(17)13-9-5-3-8(4-6-9)10(15)16-2/h3-6H,1-2H3,(H2,12,13,14,17). The summed E-state index contributed by atoms with van der Waals surface area (Å²) in [5.74, 6) is -0.644. The van der Waals surface area contributed by atoms with Crippen LogP contribution >= 0.6 is 12.2 Å². The number of methoxy groups -OCH3 is 1. The number of benzene rings is 1. The number of hydrogen-bond donors (Lipinski definition) is 2. The molecule has 0 saturated heterocycles. The molecule has 0 aliphatic carbocycles. The maximum atomic E-state index is 11.2. The van der Waals surface area contributed by atoms with Crippen molar-refractivity contribution in [1.82, 2.24) is 5.32 Å². The van der Waals surface area contributed by atoms with E-state index in [9.17, 15) is 9.59 Å². The van der Waals surface area contributed by atoms with Gasteiger partial charge in [-0.25, -0.2) is 4.79 Å². The van der Waals surface area contributed by atoms with Crippen molar-refractivity contribution in [3.63, 3.8) is 0 Å². The van der Waals surface area contributed by atoms with Gasteiger partial charge in [-0.05, 0) is 36.5 Å². The maximum Gasteiger partial charge on any atom is 0.337 e. The minimum Gasteiger partial charge on any atom is -0.465 e. The van der Waals surface area contributed by atoms with Gasteiger partial charge in [0.15, 0.2) is 5.11 Å². The molecular weight excluding hydrogens is 240 g/mol. The van der Waals surface area contributed by atoms with E-state index in [2.05, 4.69) is 15.4 Å². The molecule has 0 aliphatic rings. The number of esters is 1. The fourth-order valence-electron chi connectivity index (χ4n) is 1.13. The Kier molecular flexibility index (Phi) is 4.59. The van der Waals surface area contributed by atoms with E-state index in [1.54, 1.807) is 24.3 Å². The molecular formula is C11H12N2O3S. The SMILES string of the molecule is COC(=O)c1ccc(NC(=S)NC(C)=O)cc1. The number of amides is 1. The fraction of sp³-hybridized carbons (Fsp3) is 0.182. The van der Waals surface area contributed by atoms with Crippen molar-refractivity contribution >= 4 is 34.9 Å². The number of thiocarbonyl (C=S) groups is 1. The lowest BCUT2D eigenvalue weighted by Gasteiger charge is -2.08. The van der Waals surface area contributed by atoms with Crippen LogP contribution in [0.15, 0.2) is 24.3 Å². The molecule has 0 atom stereocenters. The van der Waals surface area contributed by atoms with Gasteiger partial charge in [-0.15, -0.1) is 0 Å². The second-order valence-electron chi connectivity index (χ2n) is 3.20. The first-order chi connectivity index (χ1) is 8.02. The van der Waals surface area contributed by atoms with E-state index in [-0.39, 0.29) is 11.0 Å². The lowest BCUT2D eigenvalue weighted by Crippen LogP contribution is -2.32. The Morgan fingerprint density at radius 3 is 2.29 bits per heavy atom. The van der Waals surface area contributed by atoms with Crippen LogP contribution in [0.1, 0.15) is 17.3 Å². The molecule has 0 saturated carbocycles. The number of nitrogens with one attached hydrogen (secondary N) is 2. The molecule has 2 N–H and O–H groups in total. The summed E-state index contributed by atoms with van der Waals surface area (Å²) < 4.78 is 4.57. The molecule has 0 bridgehead atoms. The van der Waals surface area contributed by atoms with E-state index in [0.29, 0.717) is 11.3 Å². The molecule has 1 rings (SSSR count). The highest BCUT2D eigenvalue weighted by Gasteiger charge is 2.05. The molecule has 0 spiro atoms. The average molecular weight is 252 g/mol. The first-order valence-corrected chi connectivity index (χ1v) is 5.20. The van der Waals surface area contributed by atoms with Gasteiger partial charge in [-0.2, -0.15) is 0 Å². The highest BCUT2D eigenvalue weighted by Crippen LogP contribution is 2.10. The summed E-state index contributed by atoms with van der Waals surface area (Å²) in [7, 11) is 1.32. The van der Waals surface area contributed by atoms with Gasteiger partial charge < -0.3 is 15.4 Å². The number of rotatable bonds is 2. The first kappa shape index (κ1) is 13.1. The molecule has 0 fully saturated rings. The van der Waals surface area contributed by atoms with Crippen LogP contribution in [-0.4, -0.2) is 24.1 Å². The number of hydrogen-bond acceptors (Lipinski definition) is 4. The van der Waals surface area contributed by atoms with Crippen molar-refractivity contribution in [3.8, 4) is 0 Å². The summed E-state index contributed by atoms with van der Waals surface area (Å²) in [5, 5.41) is 5.45. The number of anilines is 1. The third-order valence-electron chi connectivity index (χ3n) is 1.85. The van der Waals surface area contributed by atoms with Crippen molar-refractivity contribution in [3.05, 3.63) is 29.8 Å². The van der Waals surface area contributed by atoms with E-state index in [4.69, 9.17) is 12.2 Å². The third kappa shape index (κ3) is 4.20. The average Bonchev–Trinajstić information content (AvgIpc) is 2.28. The van der Waals surface area contributed by atoms with Gasteiger partial charge in [0, 0.05) is 12.6 Å². The molecule has 0 unspecified atom stereocenters. The molecule has 17 heavy (non-hydrogen) atoms. The molecule has 0 aliphatic heterocycles. The Balaban J connectivity index is 2.65. The highest BCUT2D eigenvalue weighted by atomic mass is 32.1. The third-order valence-corrected chi connectivity index (χ3v) is 2.06. The Morgan fingerprint density at radius 1 is 1.24 bits per heavy atom. The Bertz CT molecular complexity index is 443. The molecule has 0 aromatic heterocycles. The molecule has 90 valence electrons. The van der Waals surface area contributed by atoms with Crippen molar-refractivity contribution in [1.29, 1.82) is 0 Å². The van der Waals surface area contributed by atoms with Crippen LogP contribution in [0, 0.1) is 0 Å². The largest absolute Gasteiger partial charge is 0.465 e. The summed E-state index contributed by atoms with van der Waals surface area (Å²) in [6.45, 7) is 1.37. The van der Waals surface area contributed by atoms with Gasteiger partial charge in [0.05, 0.1) is 12.7 Å². The fourth-order valence-corrected chi connectivity index (χ4v) is 1.39. The molecule has 1 amide bonds. The van der Waals surface area contributed by atoms with E-state index >= 15 is 0 Å². The zero-order valence-corrected chi connectivity index (χ0v) is 10.3. The zero-order chi connectivity index (χ0) is 12.8. The van der Waals surface area contributed by atoms with Gasteiger partial charge >= 0.3 is 5.97 Å². The Morgan fingerprint density at radius 2 is 1.82 bits per heavy atom. The summed E-state index contributed by atoms with van der Waals surface area (Å²) in [6.07, 6.45) is 0. The molecule has 0 heterocycles. The molecule has 0 radical (unpaired) electrons. The lowest BCUT2D eigenvalue weighted by molar-refractivity contribution is -0.117. The summed E-state index contributed by atoms with van der Waals surface area (Å²) in [6, 6.07) is 6.54. The second kappa shape index (κ2) is 5.95. The van der Waals surface area contributed by atoms with Crippen LogP contribution in [0.2, 0.25) is 0 Å². The lowest BCUT2D eigenvalue weighted by atomic mass is 10.2. The topological polar surface area (TPSA) is 67.4 Å².